The van der Waals surface area contributed by atoms with Crippen LogP contribution in [0.2, 0.25) is 10.0 Å². The van der Waals surface area contributed by atoms with Crippen LogP contribution in [0.3, 0.4) is 0 Å². The number of ether oxygens (including phenoxy) is 1. The fraction of sp³-hybridized carbons (Fsp3) is 0.382. The largest absolute Gasteiger partial charge is 0.469 e. The summed E-state index contributed by atoms with van der Waals surface area (Å²) in [7, 11) is 1.42. The first-order chi connectivity index (χ1) is 22.3. The van der Waals surface area contributed by atoms with Gasteiger partial charge in [0.25, 0.3) is 0 Å². The number of thiazole rings is 2. The van der Waals surface area contributed by atoms with Crippen molar-refractivity contribution in [3.8, 4) is 0 Å². The zero-order chi connectivity index (χ0) is 32.0. The number of esters is 1. The number of nitrogens with two attached hydrogens (primary N) is 1. The smallest absolute Gasteiger partial charge is 0.309 e. The predicted molar refractivity (Wildman–Crippen MR) is 193 cm³/mol. The van der Waals surface area contributed by atoms with Crippen molar-refractivity contribution in [2.45, 2.75) is 50.7 Å². The molecule has 242 valence electrons. The van der Waals surface area contributed by atoms with E-state index in [-0.39, 0.29) is 5.97 Å². The molecule has 0 unspecified atom stereocenters. The fourth-order valence-corrected chi connectivity index (χ4v) is 8.35. The van der Waals surface area contributed by atoms with Gasteiger partial charge in [0.05, 0.1) is 34.0 Å². The Hall–Kier alpha value is -2.99. The van der Waals surface area contributed by atoms with Gasteiger partial charge in [-0.2, -0.15) is 0 Å². The monoisotopic (exact) mass is 696 g/mol. The zero-order valence-electron chi connectivity index (χ0n) is 25.8. The van der Waals surface area contributed by atoms with E-state index in [0.29, 0.717) is 18.5 Å². The minimum Gasteiger partial charge on any atom is -0.469 e. The first-order valence-corrected chi connectivity index (χ1v) is 18.0. The highest BCUT2D eigenvalue weighted by Gasteiger charge is 2.22. The Kier molecular flexibility index (Phi) is 10.9. The topological polar surface area (TPSA) is 96.6 Å². The quantitative estimate of drug-likeness (QED) is 0.171. The molecule has 0 atom stereocenters. The predicted octanol–water partition coefficient (Wildman–Crippen LogP) is 7.30. The highest BCUT2D eigenvalue weighted by Crippen LogP contribution is 2.33. The third kappa shape index (κ3) is 8.48. The number of halogens is 2. The second-order valence-electron chi connectivity index (χ2n) is 11.8. The molecule has 2 fully saturated rings. The van der Waals surface area contributed by atoms with Crippen LogP contribution >= 0.6 is 45.9 Å². The van der Waals surface area contributed by atoms with Crippen molar-refractivity contribution in [1.29, 1.82) is 0 Å². The number of fused-ring (bicyclic) bond motifs is 2. The summed E-state index contributed by atoms with van der Waals surface area (Å²) in [6.07, 6.45) is 4.58. The van der Waals surface area contributed by atoms with E-state index < -0.39 is 0 Å². The Labute approximate surface area is 287 Å². The average Bonchev–Trinajstić information content (AvgIpc) is 3.69. The van der Waals surface area contributed by atoms with Crippen LogP contribution in [0.15, 0.2) is 60.7 Å². The van der Waals surface area contributed by atoms with Crippen LogP contribution in [-0.2, 0) is 22.5 Å². The lowest BCUT2D eigenvalue weighted by Crippen LogP contribution is -2.42. The van der Waals surface area contributed by atoms with Crippen molar-refractivity contribution in [2.24, 2.45) is 5.73 Å². The number of benzene rings is 3. The first-order valence-electron chi connectivity index (χ1n) is 15.6. The maximum Gasteiger partial charge on any atom is 0.309 e. The summed E-state index contributed by atoms with van der Waals surface area (Å²) in [6, 6.07) is 20.7. The SMILES string of the molecule is COC(=O)Cc1cccc(CNC2CCN(c3nc4ccc(Cl)cc4s3)CC2)c1.NC1CCN(c2nc3ccc(Cl)cc3s2)CC1. The first kappa shape index (κ1) is 32.9. The maximum atomic E-state index is 11.5. The van der Waals surface area contributed by atoms with Crippen LogP contribution in [0.1, 0.15) is 36.8 Å². The van der Waals surface area contributed by atoms with Crippen LogP contribution in [0, 0.1) is 0 Å². The molecule has 0 aliphatic carbocycles. The van der Waals surface area contributed by atoms with Crippen molar-refractivity contribution < 1.29 is 9.53 Å². The number of aromatic nitrogens is 2. The van der Waals surface area contributed by atoms with E-state index in [9.17, 15) is 4.79 Å². The lowest BCUT2D eigenvalue weighted by molar-refractivity contribution is -0.139. The number of nitrogens with zero attached hydrogens (tertiary/aromatic N) is 4. The van der Waals surface area contributed by atoms with Gasteiger partial charge in [0.15, 0.2) is 10.3 Å². The molecule has 3 aromatic carbocycles. The number of methoxy groups -OCH3 is 1. The Balaban J connectivity index is 0.000000185. The lowest BCUT2D eigenvalue weighted by atomic mass is 10.0. The number of carbonyl (C=O) groups excluding carboxylic acids is 1. The van der Waals surface area contributed by atoms with Gasteiger partial charge in [0, 0.05) is 54.9 Å². The van der Waals surface area contributed by atoms with Gasteiger partial charge in [-0.1, -0.05) is 70.1 Å². The summed E-state index contributed by atoms with van der Waals surface area (Å²) in [5.41, 5.74) is 10.1. The third-order valence-electron chi connectivity index (χ3n) is 8.42. The van der Waals surface area contributed by atoms with Gasteiger partial charge in [-0.15, -0.1) is 0 Å². The van der Waals surface area contributed by atoms with E-state index in [1.807, 2.05) is 48.5 Å². The van der Waals surface area contributed by atoms with Crippen LogP contribution < -0.4 is 20.9 Å². The summed E-state index contributed by atoms with van der Waals surface area (Å²) in [6.45, 7) is 4.81. The molecule has 12 heteroatoms. The van der Waals surface area contributed by atoms with Crippen molar-refractivity contribution in [2.75, 3.05) is 43.1 Å². The molecular formula is C34H38Cl2N6O2S2. The second kappa shape index (κ2) is 15.3. The van der Waals surface area contributed by atoms with Gasteiger partial charge in [-0.25, -0.2) is 9.97 Å². The zero-order valence-corrected chi connectivity index (χ0v) is 28.9. The van der Waals surface area contributed by atoms with E-state index in [0.717, 1.165) is 105 Å². The molecule has 0 radical (unpaired) electrons. The molecular weight excluding hydrogens is 659 g/mol. The van der Waals surface area contributed by atoms with Crippen molar-refractivity contribution in [3.05, 3.63) is 81.8 Å². The molecule has 0 amide bonds. The highest BCUT2D eigenvalue weighted by molar-refractivity contribution is 7.22. The van der Waals surface area contributed by atoms with Crippen LogP contribution in [0.5, 0.6) is 0 Å². The van der Waals surface area contributed by atoms with Gasteiger partial charge in [0.2, 0.25) is 0 Å². The van der Waals surface area contributed by atoms with Crippen LogP contribution in [0.25, 0.3) is 20.4 Å². The summed E-state index contributed by atoms with van der Waals surface area (Å²) < 4.78 is 7.04. The molecule has 2 aromatic heterocycles. The van der Waals surface area contributed by atoms with Crippen molar-refractivity contribution in [3.63, 3.8) is 0 Å². The maximum absolute atomic E-state index is 11.5. The summed E-state index contributed by atoms with van der Waals surface area (Å²) in [5.74, 6) is -0.209. The van der Waals surface area contributed by atoms with Gasteiger partial charge in [0.1, 0.15) is 0 Å². The summed E-state index contributed by atoms with van der Waals surface area (Å²) in [4.78, 5) is 25.6. The third-order valence-corrected chi connectivity index (χ3v) is 11.0. The number of hydrogen-bond acceptors (Lipinski definition) is 10. The summed E-state index contributed by atoms with van der Waals surface area (Å²) >= 11 is 15.5. The second-order valence-corrected chi connectivity index (χ2v) is 14.6. The van der Waals surface area contributed by atoms with E-state index >= 15 is 0 Å². The molecule has 46 heavy (non-hydrogen) atoms. The molecule has 7 rings (SSSR count). The van der Waals surface area contributed by atoms with E-state index in [1.165, 1.54) is 12.7 Å². The number of carbonyl (C=O) groups is 1. The van der Waals surface area contributed by atoms with Crippen molar-refractivity contribution in [1.82, 2.24) is 15.3 Å². The Morgan fingerprint density at radius 3 is 1.96 bits per heavy atom. The molecule has 8 nitrogen and oxygen atoms in total. The molecule has 0 saturated carbocycles. The molecule has 2 saturated heterocycles. The molecule has 5 aromatic rings. The Bertz CT molecular complexity index is 1780. The number of hydrogen-bond donors (Lipinski definition) is 2. The number of nitrogens with one attached hydrogen (secondary N) is 1. The van der Waals surface area contributed by atoms with Crippen LogP contribution in [0.4, 0.5) is 10.3 Å². The molecule has 0 spiro atoms. The van der Waals surface area contributed by atoms with Crippen molar-refractivity contribution >= 4 is 82.5 Å². The van der Waals surface area contributed by atoms with Gasteiger partial charge < -0.3 is 25.6 Å². The lowest BCUT2D eigenvalue weighted by Gasteiger charge is -2.32. The fourth-order valence-electron chi connectivity index (χ4n) is 5.76. The Morgan fingerprint density at radius 1 is 0.848 bits per heavy atom. The summed E-state index contributed by atoms with van der Waals surface area (Å²) in [5, 5.41) is 7.36. The normalized spacial score (nSPS) is 16.1. The minimum atomic E-state index is -0.209. The molecule has 4 heterocycles. The van der Waals surface area contributed by atoms with Crippen LogP contribution in [-0.4, -0.2) is 61.3 Å². The average molecular weight is 698 g/mol. The molecule has 2 aliphatic heterocycles. The standard InChI is InChI=1S/C22H24ClN3O2S.C12H14ClN3S/c1-28-21(27)12-15-3-2-4-16(11-15)14-24-18-7-9-26(10-8-18)22-25-19-6-5-17(23)13-20(19)29-22;13-8-1-2-10-11(7-8)17-12(15-10)16-5-3-9(14)4-6-16/h2-6,11,13,18,24H,7-10,12,14H2,1H3;1-2,7,9H,3-6,14H2. The van der Waals surface area contributed by atoms with Gasteiger partial charge in [-0.3, -0.25) is 4.79 Å². The van der Waals surface area contributed by atoms with Gasteiger partial charge in [-0.05, 0) is 73.2 Å². The van der Waals surface area contributed by atoms with Gasteiger partial charge >= 0.3 is 5.97 Å². The van der Waals surface area contributed by atoms with E-state index in [2.05, 4.69) is 32.2 Å². The molecule has 0 bridgehead atoms. The minimum absolute atomic E-state index is 0.209. The number of anilines is 2. The molecule has 2 aliphatic rings. The highest BCUT2D eigenvalue weighted by atomic mass is 35.5. The van der Waals surface area contributed by atoms with E-state index in [1.54, 1.807) is 22.7 Å². The number of rotatable bonds is 7. The molecule has 3 N–H and O–H groups in total. The Morgan fingerprint density at radius 2 is 1.39 bits per heavy atom. The number of piperidine rings is 2. The van der Waals surface area contributed by atoms with E-state index in [4.69, 9.17) is 38.7 Å².